The van der Waals surface area contributed by atoms with Crippen molar-refractivity contribution in [3.63, 3.8) is 0 Å². The Labute approximate surface area is 129 Å². The minimum absolute atomic E-state index is 0.192. The van der Waals surface area contributed by atoms with Crippen molar-refractivity contribution in [2.45, 2.75) is 13.0 Å². The summed E-state index contributed by atoms with van der Waals surface area (Å²) in [5, 5.41) is 6.05. The lowest BCUT2D eigenvalue weighted by atomic mass is 10.2. The van der Waals surface area contributed by atoms with Gasteiger partial charge in [0.1, 0.15) is 5.69 Å². The predicted octanol–water partition coefficient (Wildman–Crippen LogP) is 1.85. The molecule has 116 valence electrons. The Hall–Kier alpha value is -2.47. The molecule has 0 saturated carbocycles. The lowest BCUT2D eigenvalue weighted by Crippen LogP contribution is -2.23. The zero-order valence-corrected chi connectivity index (χ0v) is 12.6. The van der Waals surface area contributed by atoms with E-state index in [9.17, 15) is 4.79 Å². The summed E-state index contributed by atoms with van der Waals surface area (Å²) < 4.78 is 4.98. The van der Waals surface area contributed by atoms with Crippen LogP contribution in [-0.2, 0) is 11.3 Å². The Morgan fingerprint density at radius 1 is 1.23 bits per heavy atom. The maximum Gasteiger partial charge on any atom is 0.270 e. The van der Waals surface area contributed by atoms with Gasteiger partial charge in [-0.1, -0.05) is 0 Å². The summed E-state index contributed by atoms with van der Waals surface area (Å²) in [4.78, 5) is 20.1. The molecule has 2 rings (SSSR count). The topological polar surface area (TPSA) is 76.1 Å². The van der Waals surface area contributed by atoms with Gasteiger partial charge < -0.3 is 15.4 Å². The van der Waals surface area contributed by atoms with Crippen LogP contribution in [0.25, 0.3) is 0 Å². The first-order valence-electron chi connectivity index (χ1n) is 7.15. The largest absolute Gasteiger partial charge is 0.385 e. The van der Waals surface area contributed by atoms with Gasteiger partial charge >= 0.3 is 0 Å². The van der Waals surface area contributed by atoms with Crippen molar-refractivity contribution in [2.75, 3.05) is 25.6 Å². The van der Waals surface area contributed by atoms with Crippen molar-refractivity contribution in [3.8, 4) is 0 Å². The molecular formula is C16H20N4O2. The minimum atomic E-state index is -0.192. The molecule has 0 bridgehead atoms. The van der Waals surface area contributed by atoms with Crippen molar-refractivity contribution in [1.82, 2.24) is 15.3 Å². The highest BCUT2D eigenvalue weighted by molar-refractivity contribution is 5.92. The van der Waals surface area contributed by atoms with Gasteiger partial charge in [0, 0.05) is 39.2 Å². The number of anilines is 1. The van der Waals surface area contributed by atoms with E-state index in [-0.39, 0.29) is 5.91 Å². The lowest BCUT2D eigenvalue weighted by molar-refractivity contribution is 0.0946. The van der Waals surface area contributed by atoms with Gasteiger partial charge in [0.25, 0.3) is 5.91 Å². The van der Waals surface area contributed by atoms with Gasteiger partial charge in [0.15, 0.2) is 0 Å². The number of aromatic nitrogens is 2. The Morgan fingerprint density at radius 3 is 2.73 bits per heavy atom. The van der Waals surface area contributed by atoms with Crippen molar-refractivity contribution in [2.24, 2.45) is 0 Å². The number of hydrogen-bond donors (Lipinski definition) is 2. The molecule has 0 radical (unpaired) electrons. The molecular weight excluding hydrogens is 280 g/mol. The summed E-state index contributed by atoms with van der Waals surface area (Å²) >= 11 is 0. The molecule has 0 aromatic carbocycles. The molecule has 2 aromatic rings. The highest BCUT2D eigenvalue weighted by Gasteiger charge is 2.06. The molecule has 2 aromatic heterocycles. The maximum absolute atomic E-state index is 12.0. The molecule has 2 N–H and O–H groups in total. The fourth-order valence-electron chi connectivity index (χ4n) is 1.86. The third kappa shape index (κ3) is 5.14. The van der Waals surface area contributed by atoms with Crippen LogP contribution in [0.15, 0.2) is 42.9 Å². The number of carbonyl (C=O) groups excluding carboxylic acids is 1. The van der Waals surface area contributed by atoms with Crippen molar-refractivity contribution >= 4 is 11.6 Å². The molecule has 0 aliphatic rings. The second-order valence-corrected chi connectivity index (χ2v) is 4.74. The molecule has 0 aliphatic heterocycles. The molecule has 0 spiro atoms. The van der Waals surface area contributed by atoms with E-state index in [0.717, 1.165) is 30.8 Å². The number of rotatable bonds is 8. The first kappa shape index (κ1) is 15.9. The van der Waals surface area contributed by atoms with E-state index in [1.165, 1.54) is 0 Å². The Bertz CT molecular complexity index is 572. The molecule has 0 unspecified atom stereocenters. The summed E-state index contributed by atoms with van der Waals surface area (Å²) in [6.45, 7) is 1.99. The number of carbonyl (C=O) groups is 1. The Balaban J connectivity index is 1.80. The lowest BCUT2D eigenvalue weighted by Gasteiger charge is -2.07. The van der Waals surface area contributed by atoms with Gasteiger partial charge in [-0.15, -0.1) is 0 Å². The third-order valence-corrected chi connectivity index (χ3v) is 3.05. The summed E-state index contributed by atoms with van der Waals surface area (Å²) in [5.74, 6) is -0.192. The van der Waals surface area contributed by atoms with Crippen LogP contribution in [-0.4, -0.2) is 36.1 Å². The fraction of sp³-hybridized carbons (Fsp3) is 0.312. The summed E-state index contributed by atoms with van der Waals surface area (Å²) in [5.41, 5.74) is 2.29. The molecule has 1 amide bonds. The molecule has 0 fully saturated rings. The van der Waals surface area contributed by atoms with E-state index in [0.29, 0.717) is 12.2 Å². The number of ether oxygens (including phenoxy) is 1. The summed E-state index contributed by atoms with van der Waals surface area (Å²) in [6, 6.07) is 7.28. The molecule has 0 aliphatic carbocycles. The monoisotopic (exact) mass is 300 g/mol. The second kappa shape index (κ2) is 8.74. The minimum Gasteiger partial charge on any atom is -0.385 e. The molecule has 0 saturated heterocycles. The average molecular weight is 300 g/mol. The van der Waals surface area contributed by atoms with Crippen LogP contribution in [0.3, 0.4) is 0 Å². The van der Waals surface area contributed by atoms with Gasteiger partial charge in [0.2, 0.25) is 0 Å². The maximum atomic E-state index is 12.0. The number of nitrogens with one attached hydrogen (secondary N) is 2. The smallest absolute Gasteiger partial charge is 0.270 e. The van der Waals surface area contributed by atoms with Crippen LogP contribution >= 0.6 is 0 Å². The molecule has 2 heterocycles. The van der Waals surface area contributed by atoms with E-state index < -0.39 is 0 Å². The first-order valence-corrected chi connectivity index (χ1v) is 7.15. The third-order valence-electron chi connectivity index (χ3n) is 3.05. The van der Waals surface area contributed by atoms with E-state index in [2.05, 4.69) is 20.6 Å². The first-order chi connectivity index (χ1) is 10.8. The molecule has 22 heavy (non-hydrogen) atoms. The SMILES string of the molecule is COCCCNc1ccc(C(=O)NCc2ccncc2)nc1. The van der Waals surface area contributed by atoms with Crippen molar-refractivity contribution in [3.05, 3.63) is 54.1 Å². The van der Waals surface area contributed by atoms with E-state index in [1.54, 1.807) is 31.8 Å². The predicted molar refractivity (Wildman–Crippen MR) is 84.6 cm³/mol. The highest BCUT2D eigenvalue weighted by atomic mass is 16.5. The van der Waals surface area contributed by atoms with Crippen LogP contribution in [0.2, 0.25) is 0 Å². The highest BCUT2D eigenvalue weighted by Crippen LogP contribution is 2.06. The number of hydrogen-bond acceptors (Lipinski definition) is 5. The van der Waals surface area contributed by atoms with Gasteiger partial charge in [-0.2, -0.15) is 0 Å². The summed E-state index contributed by atoms with van der Waals surface area (Å²) in [7, 11) is 1.68. The molecule has 6 heteroatoms. The van der Waals surface area contributed by atoms with Crippen LogP contribution in [0, 0.1) is 0 Å². The van der Waals surface area contributed by atoms with Gasteiger partial charge in [-0.05, 0) is 36.2 Å². The second-order valence-electron chi connectivity index (χ2n) is 4.74. The van der Waals surface area contributed by atoms with Crippen LogP contribution in [0.1, 0.15) is 22.5 Å². The molecule has 0 atom stereocenters. The Kier molecular flexibility index (Phi) is 6.32. The Morgan fingerprint density at radius 2 is 2.05 bits per heavy atom. The van der Waals surface area contributed by atoms with Crippen LogP contribution in [0.5, 0.6) is 0 Å². The van der Waals surface area contributed by atoms with Crippen LogP contribution < -0.4 is 10.6 Å². The molecule has 6 nitrogen and oxygen atoms in total. The average Bonchev–Trinajstić information content (AvgIpc) is 2.58. The van der Waals surface area contributed by atoms with Crippen molar-refractivity contribution in [1.29, 1.82) is 0 Å². The van der Waals surface area contributed by atoms with E-state index in [4.69, 9.17) is 4.74 Å². The number of amides is 1. The fourth-order valence-corrected chi connectivity index (χ4v) is 1.86. The van der Waals surface area contributed by atoms with E-state index in [1.807, 2.05) is 18.2 Å². The van der Waals surface area contributed by atoms with Crippen LogP contribution in [0.4, 0.5) is 5.69 Å². The normalized spacial score (nSPS) is 10.2. The number of nitrogens with zero attached hydrogens (tertiary/aromatic N) is 2. The van der Waals surface area contributed by atoms with E-state index >= 15 is 0 Å². The standard InChI is InChI=1S/C16H20N4O2/c1-22-10-2-7-18-14-3-4-15(19-12-14)16(21)20-11-13-5-8-17-9-6-13/h3-6,8-9,12,18H,2,7,10-11H2,1H3,(H,20,21). The number of pyridine rings is 2. The van der Waals surface area contributed by atoms with Gasteiger partial charge in [-0.3, -0.25) is 9.78 Å². The zero-order chi connectivity index (χ0) is 15.6. The quantitative estimate of drug-likeness (QED) is 0.728. The van der Waals surface area contributed by atoms with Gasteiger partial charge in [0.05, 0.1) is 11.9 Å². The van der Waals surface area contributed by atoms with Gasteiger partial charge in [-0.25, -0.2) is 4.98 Å². The summed E-state index contributed by atoms with van der Waals surface area (Å²) in [6.07, 6.45) is 5.98. The zero-order valence-electron chi connectivity index (χ0n) is 12.6. The van der Waals surface area contributed by atoms with Crippen molar-refractivity contribution < 1.29 is 9.53 Å². The number of methoxy groups -OCH3 is 1.